The summed E-state index contributed by atoms with van der Waals surface area (Å²) in [5.41, 5.74) is 3.71. The zero-order valence-electron chi connectivity index (χ0n) is 9.59. The van der Waals surface area contributed by atoms with Crippen LogP contribution in [0.15, 0.2) is 34.4 Å². The summed E-state index contributed by atoms with van der Waals surface area (Å²) < 4.78 is 0.715. The average Bonchev–Trinajstić information content (AvgIpc) is 2.74. The Morgan fingerprint density at radius 2 is 1.94 bits per heavy atom. The molecule has 0 radical (unpaired) electrons. The largest absolute Gasteiger partial charge is 0.383 e. The number of aliphatic hydroxyl groups is 1. The van der Waals surface area contributed by atoms with Crippen molar-refractivity contribution in [2.75, 3.05) is 19.0 Å². The fraction of sp³-hybridized carbons (Fsp3) is 0.250. The second-order valence-corrected chi connectivity index (χ2v) is 5.53. The van der Waals surface area contributed by atoms with Gasteiger partial charge in [0, 0.05) is 19.8 Å². The predicted molar refractivity (Wildman–Crippen MR) is 74.6 cm³/mol. The summed E-state index contributed by atoms with van der Waals surface area (Å²) in [6.45, 7) is 0. The molecule has 0 aliphatic heterocycles. The number of thiazole rings is 1. The van der Waals surface area contributed by atoms with Crippen molar-refractivity contribution in [1.82, 2.24) is 4.98 Å². The molecule has 2 aromatic rings. The minimum absolute atomic E-state index is 0.618. The number of halogens is 1. The van der Waals surface area contributed by atoms with Gasteiger partial charge in [-0.2, -0.15) is 0 Å². The Labute approximate surface area is 113 Å². The Morgan fingerprint density at radius 3 is 2.41 bits per heavy atom. The molecule has 0 saturated carbocycles. The Hall–Kier alpha value is -0.910. The van der Waals surface area contributed by atoms with Crippen molar-refractivity contribution in [3.05, 3.63) is 44.8 Å². The molecule has 1 heterocycles. The second kappa shape index (κ2) is 5.16. The van der Waals surface area contributed by atoms with Gasteiger partial charge in [0.1, 0.15) is 10.7 Å². The van der Waals surface area contributed by atoms with Gasteiger partial charge in [0.2, 0.25) is 0 Å². The SMILES string of the molecule is CN(C)c1ccc(C(O)c2scnc2Br)cc1. The third-order valence-corrected chi connectivity index (χ3v) is 4.30. The molecule has 0 amide bonds. The highest BCUT2D eigenvalue weighted by Crippen LogP contribution is 2.31. The molecule has 0 bridgehead atoms. The van der Waals surface area contributed by atoms with E-state index in [1.807, 2.05) is 43.3 Å². The van der Waals surface area contributed by atoms with Crippen molar-refractivity contribution >= 4 is 33.0 Å². The van der Waals surface area contributed by atoms with Crippen LogP contribution in [-0.4, -0.2) is 24.2 Å². The van der Waals surface area contributed by atoms with E-state index in [-0.39, 0.29) is 0 Å². The summed E-state index contributed by atoms with van der Waals surface area (Å²) >= 11 is 4.78. The highest BCUT2D eigenvalue weighted by Gasteiger charge is 2.16. The van der Waals surface area contributed by atoms with E-state index >= 15 is 0 Å². The molecule has 3 nitrogen and oxygen atoms in total. The van der Waals surface area contributed by atoms with Crippen LogP contribution in [0.2, 0.25) is 0 Å². The lowest BCUT2D eigenvalue weighted by molar-refractivity contribution is 0.223. The van der Waals surface area contributed by atoms with Crippen molar-refractivity contribution in [2.45, 2.75) is 6.10 Å². The van der Waals surface area contributed by atoms with Gasteiger partial charge in [-0.25, -0.2) is 4.98 Å². The summed E-state index contributed by atoms with van der Waals surface area (Å²) in [5, 5.41) is 10.2. The number of rotatable bonds is 3. The molecule has 1 unspecified atom stereocenters. The summed E-state index contributed by atoms with van der Waals surface area (Å²) in [5.74, 6) is 0. The first-order chi connectivity index (χ1) is 8.09. The van der Waals surface area contributed by atoms with Crippen LogP contribution < -0.4 is 4.90 Å². The molecule has 1 N–H and O–H groups in total. The van der Waals surface area contributed by atoms with Gasteiger partial charge in [0.25, 0.3) is 0 Å². The molecule has 1 atom stereocenters. The van der Waals surface area contributed by atoms with Gasteiger partial charge in [-0.1, -0.05) is 12.1 Å². The van der Waals surface area contributed by atoms with Gasteiger partial charge in [0.15, 0.2) is 0 Å². The van der Waals surface area contributed by atoms with Gasteiger partial charge in [-0.05, 0) is 33.6 Å². The first-order valence-corrected chi connectivity index (χ1v) is 6.81. The molecule has 1 aromatic heterocycles. The van der Waals surface area contributed by atoms with E-state index in [1.54, 1.807) is 5.51 Å². The zero-order valence-corrected chi connectivity index (χ0v) is 12.0. The van der Waals surface area contributed by atoms with Crippen LogP contribution in [0.25, 0.3) is 0 Å². The number of benzene rings is 1. The van der Waals surface area contributed by atoms with Gasteiger partial charge in [-0.3, -0.25) is 0 Å². The van der Waals surface area contributed by atoms with Gasteiger partial charge >= 0.3 is 0 Å². The molecule has 5 heteroatoms. The van der Waals surface area contributed by atoms with E-state index in [1.165, 1.54) is 11.3 Å². The Balaban J connectivity index is 2.26. The van der Waals surface area contributed by atoms with E-state index in [9.17, 15) is 5.11 Å². The summed E-state index contributed by atoms with van der Waals surface area (Å²) in [6, 6.07) is 7.86. The fourth-order valence-corrected chi connectivity index (χ4v) is 2.95. The highest BCUT2D eigenvalue weighted by molar-refractivity contribution is 9.10. The standard InChI is InChI=1S/C12H13BrN2OS/c1-15(2)9-5-3-8(4-6-9)10(16)11-12(13)14-7-17-11/h3-7,10,16H,1-2H3. The molecule has 0 saturated heterocycles. The minimum Gasteiger partial charge on any atom is -0.383 e. The smallest absolute Gasteiger partial charge is 0.123 e. The van der Waals surface area contributed by atoms with E-state index in [4.69, 9.17) is 0 Å². The molecule has 0 aliphatic rings. The normalized spacial score (nSPS) is 12.5. The lowest BCUT2D eigenvalue weighted by atomic mass is 10.1. The Kier molecular flexibility index (Phi) is 3.81. The van der Waals surface area contributed by atoms with Crippen molar-refractivity contribution in [2.24, 2.45) is 0 Å². The maximum absolute atomic E-state index is 10.2. The lowest BCUT2D eigenvalue weighted by Gasteiger charge is -2.14. The number of aromatic nitrogens is 1. The molecule has 90 valence electrons. The number of anilines is 1. The quantitative estimate of drug-likeness (QED) is 0.946. The van der Waals surface area contributed by atoms with Crippen LogP contribution in [0.5, 0.6) is 0 Å². The number of hydrogen-bond donors (Lipinski definition) is 1. The van der Waals surface area contributed by atoms with Crippen LogP contribution >= 0.6 is 27.3 Å². The van der Waals surface area contributed by atoms with Crippen LogP contribution in [0.4, 0.5) is 5.69 Å². The van der Waals surface area contributed by atoms with Crippen LogP contribution in [0.3, 0.4) is 0 Å². The predicted octanol–water partition coefficient (Wildman–Crippen LogP) is 3.05. The summed E-state index contributed by atoms with van der Waals surface area (Å²) in [7, 11) is 3.98. The number of nitrogens with zero attached hydrogens (tertiary/aromatic N) is 2. The number of hydrogen-bond acceptors (Lipinski definition) is 4. The maximum Gasteiger partial charge on any atom is 0.123 e. The molecular weight excluding hydrogens is 300 g/mol. The monoisotopic (exact) mass is 312 g/mol. The van der Waals surface area contributed by atoms with E-state index in [0.29, 0.717) is 4.60 Å². The van der Waals surface area contributed by atoms with Crippen LogP contribution in [0, 0.1) is 0 Å². The molecule has 0 aliphatic carbocycles. The second-order valence-electron chi connectivity index (χ2n) is 3.90. The molecule has 2 rings (SSSR count). The van der Waals surface area contributed by atoms with E-state index in [0.717, 1.165) is 16.1 Å². The maximum atomic E-state index is 10.2. The Bertz CT molecular complexity index is 495. The van der Waals surface area contributed by atoms with Crippen molar-refractivity contribution < 1.29 is 5.11 Å². The topological polar surface area (TPSA) is 36.4 Å². The van der Waals surface area contributed by atoms with Crippen LogP contribution in [-0.2, 0) is 0 Å². The molecule has 17 heavy (non-hydrogen) atoms. The fourth-order valence-electron chi connectivity index (χ4n) is 1.53. The van der Waals surface area contributed by atoms with Crippen molar-refractivity contribution in [1.29, 1.82) is 0 Å². The first kappa shape index (κ1) is 12.5. The highest BCUT2D eigenvalue weighted by atomic mass is 79.9. The first-order valence-electron chi connectivity index (χ1n) is 5.14. The van der Waals surface area contributed by atoms with Crippen LogP contribution in [0.1, 0.15) is 16.5 Å². The van der Waals surface area contributed by atoms with Gasteiger partial charge in [-0.15, -0.1) is 11.3 Å². The third-order valence-electron chi connectivity index (χ3n) is 2.52. The summed E-state index contributed by atoms with van der Waals surface area (Å²) in [4.78, 5) is 6.94. The lowest BCUT2D eigenvalue weighted by Crippen LogP contribution is -2.08. The summed E-state index contributed by atoms with van der Waals surface area (Å²) in [6.07, 6.45) is -0.618. The minimum atomic E-state index is -0.618. The van der Waals surface area contributed by atoms with E-state index < -0.39 is 6.10 Å². The average molecular weight is 313 g/mol. The van der Waals surface area contributed by atoms with Crippen molar-refractivity contribution in [3.63, 3.8) is 0 Å². The zero-order chi connectivity index (χ0) is 12.4. The van der Waals surface area contributed by atoms with Gasteiger partial charge < -0.3 is 10.0 Å². The van der Waals surface area contributed by atoms with Crippen molar-refractivity contribution in [3.8, 4) is 0 Å². The molecule has 0 fully saturated rings. The molecule has 1 aromatic carbocycles. The molecular formula is C12H13BrN2OS. The van der Waals surface area contributed by atoms with Gasteiger partial charge in [0.05, 0.1) is 10.4 Å². The third kappa shape index (κ3) is 2.68. The van der Waals surface area contributed by atoms with E-state index in [2.05, 4.69) is 20.9 Å². The molecule has 0 spiro atoms. The number of aliphatic hydroxyl groups excluding tert-OH is 1. The Morgan fingerprint density at radius 1 is 1.29 bits per heavy atom.